The Balaban J connectivity index is -0.000000255. The number of hydrogen-bond acceptors (Lipinski definition) is 0. The van der Waals surface area contributed by atoms with Crippen LogP contribution < -0.4 is 0 Å². The third-order valence-electron chi connectivity index (χ3n) is 5.85. The molecule has 0 N–H and O–H groups in total. The molecule has 0 saturated heterocycles. The summed E-state index contributed by atoms with van der Waals surface area (Å²) >= 11 is 0. The topological polar surface area (TPSA) is 0 Å². The maximum atomic E-state index is 2.28. The monoisotopic (exact) mass is 625 g/mol. The fourth-order valence-electron chi connectivity index (χ4n) is 3.23. The van der Waals surface area contributed by atoms with Gasteiger partial charge in [-0.05, 0) is 92.3 Å². The Morgan fingerprint density at radius 2 is 0.400 bits per heavy atom. The molecule has 0 aliphatic carbocycles. The van der Waals surface area contributed by atoms with Crippen molar-refractivity contribution in [3.8, 4) is 0 Å². The first-order chi connectivity index (χ1) is 20.7. The molecule has 0 radical (unpaired) electrons. The molecule has 0 spiro atoms. The van der Waals surface area contributed by atoms with Gasteiger partial charge in [0.2, 0.25) is 0 Å². The van der Waals surface area contributed by atoms with Gasteiger partial charge in [0.25, 0.3) is 0 Å². The first kappa shape index (κ1) is 50.0. The molecule has 0 atom stereocenters. The van der Waals surface area contributed by atoms with Crippen LogP contribution in [0.2, 0.25) is 0 Å². The quantitative estimate of drug-likeness (QED) is 0.169. The highest BCUT2D eigenvalue weighted by atomic mass is 14.1. The van der Waals surface area contributed by atoms with Gasteiger partial charge in [0.1, 0.15) is 0 Å². The highest BCUT2D eigenvalue weighted by Gasteiger charge is 2.07. The van der Waals surface area contributed by atoms with Gasteiger partial charge in [0.15, 0.2) is 0 Å². The van der Waals surface area contributed by atoms with Crippen LogP contribution >= 0.6 is 0 Å². The Morgan fingerprint density at radius 1 is 0.244 bits per heavy atom. The Morgan fingerprint density at radius 3 is 0.600 bits per heavy atom. The van der Waals surface area contributed by atoms with Crippen LogP contribution in [0, 0.1) is 21.7 Å². The van der Waals surface area contributed by atoms with Gasteiger partial charge < -0.3 is 0 Å². The summed E-state index contributed by atoms with van der Waals surface area (Å²) in [5, 5.41) is 0. The molecular weight excluding hydrogens is 540 g/mol. The fraction of sp³-hybridized carbons (Fsp3) is 0.689. The smallest absolute Gasteiger partial charge is 0.0169 e. The minimum Gasteiger partial charge on any atom is -0.0888 e. The summed E-state index contributed by atoms with van der Waals surface area (Å²) in [5.74, 6) is 0. The van der Waals surface area contributed by atoms with E-state index < -0.39 is 0 Å². The molecule has 0 aromatic carbocycles. The molecule has 0 rings (SSSR count). The van der Waals surface area contributed by atoms with Crippen LogP contribution in [-0.4, -0.2) is 0 Å². The molecule has 0 saturated carbocycles. The van der Waals surface area contributed by atoms with Crippen LogP contribution in [0.4, 0.5) is 0 Å². The third-order valence-corrected chi connectivity index (χ3v) is 5.85. The molecule has 0 heterocycles. The van der Waals surface area contributed by atoms with Crippen molar-refractivity contribution in [2.75, 3.05) is 0 Å². The zero-order valence-corrected chi connectivity index (χ0v) is 33.9. The molecule has 45 heavy (non-hydrogen) atoms. The molecule has 0 aromatic rings. The zero-order valence-electron chi connectivity index (χ0n) is 33.9. The summed E-state index contributed by atoms with van der Waals surface area (Å²) in [6, 6.07) is 0. The zero-order chi connectivity index (χ0) is 35.7. The molecule has 0 amide bonds. The molecule has 0 bridgehead atoms. The van der Waals surface area contributed by atoms with E-state index in [9.17, 15) is 0 Å². The van der Waals surface area contributed by atoms with E-state index in [-0.39, 0.29) is 0 Å². The van der Waals surface area contributed by atoms with E-state index in [0.29, 0.717) is 21.7 Å². The lowest BCUT2D eigenvalue weighted by atomic mass is 9.92. The SMILES string of the molecule is CC/C=C/CC(C)(C)C.CC/C=C\C/C=C\C/C=C\CC(C)(C)C.CC/C=C\C/C=C\CC(C)(C)C.CC/C=C\CC(C)(C)C. The summed E-state index contributed by atoms with van der Waals surface area (Å²) in [6.07, 6.45) is 43.9. The molecule has 0 aliphatic rings. The van der Waals surface area contributed by atoms with E-state index in [1.54, 1.807) is 0 Å². The van der Waals surface area contributed by atoms with Crippen molar-refractivity contribution in [1.82, 2.24) is 0 Å². The Kier molecular flexibility index (Phi) is 35.7. The van der Waals surface area contributed by atoms with Crippen LogP contribution in [0.3, 0.4) is 0 Å². The average molecular weight is 625 g/mol. The van der Waals surface area contributed by atoms with E-state index in [2.05, 4.69) is 196 Å². The summed E-state index contributed by atoms with van der Waals surface area (Å²) < 4.78 is 0. The third kappa shape index (κ3) is 70.0. The normalized spacial score (nSPS) is 13.2. The van der Waals surface area contributed by atoms with Crippen molar-refractivity contribution in [1.29, 1.82) is 0 Å². The highest BCUT2D eigenvalue weighted by molar-refractivity contribution is 4.98. The van der Waals surface area contributed by atoms with Gasteiger partial charge in [-0.15, -0.1) is 0 Å². The van der Waals surface area contributed by atoms with E-state index >= 15 is 0 Å². The molecule has 0 heteroatoms. The van der Waals surface area contributed by atoms with Crippen molar-refractivity contribution in [2.24, 2.45) is 21.7 Å². The molecule has 0 nitrogen and oxygen atoms in total. The van der Waals surface area contributed by atoms with Crippen molar-refractivity contribution >= 4 is 0 Å². The van der Waals surface area contributed by atoms with Gasteiger partial charge in [-0.1, -0.05) is 196 Å². The van der Waals surface area contributed by atoms with Crippen molar-refractivity contribution < 1.29 is 0 Å². The van der Waals surface area contributed by atoms with Gasteiger partial charge in [-0.2, -0.15) is 0 Å². The maximum absolute atomic E-state index is 2.28. The van der Waals surface area contributed by atoms with Gasteiger partial charge in [-0.25, -0.2) is 0 Å². The molecule has 0 unspecified atom stereocenters. The lowest BCUT2D eigenvalue weighted by Crippen LogP contribution is -2.01. The molecule has 0 fully saturated rings. The van der Waals surface area contributed by atoms with Gasteiger partial charge in [0.05, 0.1) is 0 Å². The minimum atomic E-state index is 0.421. The summed E-state index contributed by atoms with van der Waals surface area (Å²) in [5.41, 5.74) is 1.78. The van der Waals surface area contributed by atoms with Crippen molar-refractivity contribution in [3.05, 3.63) is 85.1 Å². The summed E-state index contributed by atoms with van der Waals surface area (Å²) in [7, 11) is 0. The molecule has 264 valence electrons. The predicted octanol–water partition coefficient (Wildman–Crippen LogP) is 16.4. The first-order valence-corrected chi connectivity index (χ1v) is 18.3. The molecule has 0 aliphatic heterocycles. The predicted molar refractivity (Wildman–Crippen MR) is 215 cm³/mol. The van der Waals surface area contributed by atoms with E-state index in [4.69, 9.17) is 0 Å². The van der Waals surface area contributed by atoms with Crippen LogP contribution in [-0.2, 0) is 0 Å². The number of rotatable bonds is 14. The molecular formula is C45H84. The van der Waals surface area contributed by atoms with Crippen molar-refractivity contribution in [2.45, 2.75) is 181 Å². The second-order valence-corrected chi connectivity index (χ2v) is 16.7. The lowest BCUT2D eigenvalue weighted by Gasteiger charge is -2.14. The average Bonchev–Trinajstić information content (AvgIpc) is 2.89. The Hall–Kier alpha value is -1.82. The summed E-state index contributed by atoms with van der Waals surface area (Å²) in [4.78, 5) is 0. The second kappa shape index (κ2) is 32.1. The lowest BCUT2D eigenvalue weighted by molar-refractivity contribution is 0.420. The van der Waals surface area contributed by atoms with Crippen LogP contribution in [0.1, 0.15) is 181 Å². The van der Waals surface area contributed by atoms with Crippen LogP contribution in [0.25, 0.3) is 0 Å². The second-order valence-electron chi connectivity index (χ2n) is 16.7. The minimum absolute atomic E-state index is 0.421. The van der Waals surface area contributed by atoms with Gasteiger partial charge in [0, 0.05) is 0 Å². The van der Waals surface area contributed by atoms with E-state index in [1.807, 2.05) is 0 Å². The molecule has 0 aromatic heterocycles. The van der Waals surface area contributed by atoms with Crippen molar-refractivity contribution in [3.63, 3.8) is 0 Å². The number of hydrogen-bond donors (Lipinski definition) is 0. The van der Waals surface area contributed by atoms with E-state index in [0.717, 1.165) is 51.4 Å². The maximum Gasteiger partial charge on any atom is -0.0169 e. The Bertz CT molecular complexity index is 766. The van der Waals surface area contributed by atoms with E-state index in [1.165, 1.54) is 19.3 Å². The standard InChI is InChI=1S/C15H26.C12H22.2C9H18/c1-5-6-7-8-9-10-11-12-13-14-15(2,3)4;1-5-6-7-8-9-10-11-12(2,3)4;2*1-5-6-7-8-9(2,3)4/h6-7,9-10,12-13H,5,8,11,14H2,1-4H3;6-7,9-10H,5,8,11H2,1-4H3;2*6-7H,5,8H2,1-4H3/b7-6-,10-9-,13-12-;7-6-,10-9-;7-6+;7-6-. The highest BCUT2D eigenvalue weighted by Crippen LogP contribution is 2.20. The van der Waals surface area contributed by atoms with Gasteiger partial charge >= 0.3 is 0 Å². The van der Waals surface area contributed by atoms with Crippen LogP contribution in [0.5, 0.6) is 0 Å². The Labute approximate surface area is 287 Å². The van der Waals surface area contributed by atoms with Gasteiger partial charge in [-0.3, -0.25) is 0 Å². The number of allylic oxidation sites excluding steroid dienone is 14. The summed E-state index contributed by atoms with van der Waals surface area (Å²) in [6.45, 7) is 35.8. The van der Waals surface area contributed by atoms with Crippen LogP contribution in [0.15, 0.2) is 85.1 Å². The first-order valence-electron chi connectivity index (χ1n) is 18.3. The largest absolute Gasteiger partial charge is 0.0888 e. The fourth-order valence-corrected chi connectivity index (χ4v) is 3.23.